The highest BCUT2D eigenvalue weighted by Gasteiger charge is 2.43. The first kappa shape index (κ1) is 16.9. The van der Waals surface area contributed by atoms with Crippen molar-refractivity contribution >= 4 is 23.6 Å². The summed E-state index contributed by atoms with van der Waals surface area (Å²) in [5.41, 5.74) is 0. The van der Waals surface area contributed by atoms with E-state index in [9.17, 15) is 9.59 Å². The minimum absolute atomic E-state index is 0.108. The standard InChI is InChI=1S/C17H23NO3S/c1-18(13-7-10-15(19)20)16(21)17(11-5-6-12-17)22-14-8-3-2-4-9-14/h2-4,8-9H,5-7,10-13H2,1H3,(H,19,20). The quantitative estimate of drug-likeness (QED) is 0.836. The molecule has 0 aromatic heterocycles. The summed E-state index contributed by atoms with van der Waals surface area (Å²) < 4.78 is -0.376. The van der Waals surface area contributed by atoms with E-state index in [-0.39, 0.29) is 17.1 Å². The Balaban J connectivity index is 2.03. The monoisotopic (exact) mass is 321 g/mol. The molecule has 1 saturated carbocycles. The molecule has 5 heteroatoms. The van der Waals surface area contributed by atoms with Crippen LogP contribution in [0.5, 0.6) is 0 Å². The summed E-state index contributed by atoms with van der Waals surface area (Å²) in [5, 5.41) is 8.71. The molecular formula is C17H23NO3S. The van der Waals surface area contributed by atoms with Gasteiger partial charge in [-0.05, 0) is 31.4 Å². The summed E-state index contributed by atoms with van der Waals surface area (Å²) >= 11 is 1.67. The predicted octanol–water partition coefficient (Wildman–Crippen LogP) is 3.41. The Morgan fingerprint density at radius 1 is 1.23 bits per heavy atom. The van der Waals surface area contributed by atoms with Crippen molar-refractivity contribution in [1.82, 2.24) is 4.90 Å². The van der Waals surface area contributed by atoms with Crippen LogP contribution in [0, 0.1) is 0 Å². The fourth-order valence-corrected chi connectivity index (χ4v) is 4.42. The lowest BCUT2D eigenvalue weighted by atomic mass is 10.1. The molecule has 22 heavy (non-hydrogen) atoms. The number of carbonyl (C=O) groups is 2. The van der Waals surface area contributed by atoms with Gasteiger partial charge in [0.2, 0.25) is 5.91 Å². The van der Waals surface area contributed by atoms with Gasteiger partial charge in [0.25, 0.3) is 0 Å². The zero-order valence-electron chi connectivity index (χ0n) is 13.0. The molecule has 0 atom stereocenters. The fourth-order valence-electron chi connectivity index (χ4n) is 2.94. The summed E-state index contributed by atoms with van der Waals surface area (Å²) in [7, 11) is 1.79. The van der Waals surface area contributed by atoms with Gasteiger partial charge in [0.1, 0.15) is 0 Å². The van der Waals surface area contributed by atoms with Crippen LogP contribution in [0.3, 0.4) is 0 Å². The third kappa shape index (κ3) is 4.26. The predicted molar refractivity (Wildman–Crippen MR) is 88.0 cm³/mol. The molecule has 0 saturated heterocycles. The molecule has 1 fully saturated rings. The number of thioether (sulfide) groups is 1. The van der Waals surface area contributed by atoms with E-state index in [1.165, 1.54) is 0 Å². The lowest BCUT2D eigenvalue weighted by Crippen LogP contribution is -2.43. The fraction of sp³-hybridized carbons (Fsp3) is 0.529. The molecule has 0 heterocycles. The van der Waals surface area contributed by atoms with Crippen LogP contribution >= 0.6 is 11.8 Å². The van der Waals surface area contributed by atoms with Gasteiger partial charge in [-0.1, -0.05) is 31.0 Å². The van der Waals surface area contributed by atoms with Gasteiger partial charge < -0.3 is 10.0 Å². The van der Waals surface area contributed by atoms with E-state index < -0.39 is 5.97 Å². The van der Waals surface area contributed by atoms with Crippen molar-refractivity contribution in [1.29, 1.82) is 0 Å². The number of carboxylic acid groups (broad SMARTS) is 1. The third-order valence-corrected chi connectivity index (χ3v) is 5.57. The Bertz CT molecular complexity index is 512. The molecule has 1 amide bonds. The first-order chi connectivity index (χ1) is 10.5. The van der Waals surface area contributed by atoms with E-state index in [0.29, 0.717) is 13.0 Å². The first-order valence-electron chi connectivity index (χ1n) is 7.75. The molecule has 2 rings (SSSR count). The van der Waals surface area contributed by atoms with E-state index in [1.807, 2.05) is 30.3 Å². The van der Waals surface area contributed by atoms with Gasteiger partial charge in [-0.3, -0.25) is 9.59 Å². The molecular weight excluding hydrogens is 298 g/mol. The zero-order chi connectivity index (χ0) is 16.0. The van der Waals surface area contributed by atoms with E-state index in [2.05, 4.69) is 0 Å². The van der Waals surface area contributed by atoms with E-state index >= 15 is 0 Å². The lowest BCUT2D eigenvalue weighted by Gasteiger charge is -2.32. The minimum atomic E-state index is -0.810. The van der Waals surface area contributed by atoms with Crippen molar-refractivity contribution in [3.8, 4) is 0 Å². The van der Waals surface area contributed by atoms with Gasteiger partial charge in [0.15, 0.2) is 0 Å². The minimum Gasteiger partial charge on any atom is -0.481 e. The number of nitrogens with zero attached hydrogens (tertiary/aromatic N) is 1. The summed E-state index contributed by atoms with van der Waals surface area (Å²) in [6.07, 6.45) is 4.56. The van der Waals surface area contributed by atoms with Crippen molar-refractivity contribution in [2.45, 2.75) is 48.2 Å². The summed E-state index contributed by atoms with van der Waals surface area (Å²) in [4.78, 5) is 26.3. The normalized spacial score (nSPS) is 16.4. The molecule has 0 radical (unpaired) electrons. The van der Waals surface area contributed by atoms with E-state index in [1.54, 1.807) is 23.7 Å². The van der Waals surface area contributed by atoms with Crippen LogP contribution < -0.4 is 0 Å². The van der Waals surface area contributed by atoms with Crippen LogP contribution in [0.25, 0.3) is 0 Å². The van der Waals surface area contributed by atoms with Gasteiger partial charge in [0.05, 0.1) is 4.75 Å². The Morgan fingerprint density at radius 3 is 2.45 bits per heavy atom. The topological polar surface area (TPSA) is 57.6 Å². The molecule has 1 aromatic rings. The molecule has 1 aromatic carbocycles. The van der Waals surface area contributed by atoms with Crippen LogP contribution in [0.1, 0.15) is 38.5 Å². The van der Waals surface area contributed by atoms with Crippen LogP contribution in [0.4, 0.5) is 0 Å². The Labute approximate surface area is 135 Å². The van der Waals surface area contributed by atoms with Crippen molar-refractivity contribution in [2.75, 3.05) is 13.6 Å². The van der Waals surface area contributed by atoms with Crippen LogP contribution in [0.15, 0.2) is 35.2 Å². The maximum Gasteiger partial charge on any atom is 0.303 e. The van der Waals surface area contributed by atoms with Gasteiger partial charge in [-0.2, -0.15) is 0 Å². The number of carboxylic acids is 1. The Kier molecular flexibility index (Phi) is 5.89. The molecule has 0 aliphatic heterocycles. The van der Waals surface area contributed by atoms with Gasteiger partial charge in [-0.15, -0.1) is 11.8 Å². The Hall–Kier alpha value is -1.49. The number of amides is 1. The number of carbonyl (C=O) groups excluding carboxylic acids is 1. The number of aliphatic carboxylic acids is 1. The molecule has 120 valence electrons. The van der Waals surface area contributed by atoms with Gasteiger partial charge in [-0.25, -0.2) is 0 Å². The van der Waals surface area contributed by atoms with E-state index in [0.717, 1.165) is 30.6 Å². The summed E-state index contributed by atoms with van der Waals surface area (Å²) in [6, 6.07) is 10.0. The van der Waals surface area contributed by atoms with Crippen LogP contribution in [-0.2, 0) is 9.59 Å². The number of hydrogen-bond acceptors (Lipinski definition) is 3. The highest BCUT2D eigenvalue weighted by Crippen LogP contribution is 2.46. The lowest BCUT2D eigenvalue weighted by molar-refractivity contribution is -0.138. The molecule has 1 N–H and O–H groups in total. The molecule has 0 bridgehead atoms. The zero-order valence-corrected chi connectivity index (χ0v) is 13.8. The van der Waals surface area contributed by atoms with Gasteiger partial charge >= 0.3 is 5.97 Å². The molecule has 0 spiro atoms. The second-order valence-corrected chi connectivity index (χ2v) is 7.30. The van der Waals surface area contributed by atoms with Crippen molar-refractivity contribution in [2.24, 2.45) is 0 Å². The summed E-state index contributed by atoms with van der Waals surface area (Å²) in [5.74, 6) is -0.667. The highest BCUT2D eigenvalue weighted by molar-refractivity contribution is 8.01. The largest absolute Gasteiger partial charge is 0.481 e. The maximum atomic E-state index is 12.9. The number of benzene rings is 1. The highest BCUT2D eigenvalue weighted by atomic mass is 32.2. The second-order valence-electron chi connectivity index (χ2n) is 5.84. The summed E-state index contributed by atoms with van der Waals surface area (Å²) in [6.45, 7) is 0.502. The van der Waals surface area contributed by atoms with Gasteiger partial charge in [0, 0.05) is 24.9 Å². The van der Waals surface area contributed by atoms with E-state index in [4.69, 9.17) is 5.11 Å². The van der Waals surface area contributed by atoms with Crippen molar-refractivity contribution in [3.63, 3.8) is 0 Å². The molecule has 4 nitrogen and oxygen atoms in total. The smallest absolute Gasteiger partial charge is 0.303 e. The molecule has 1 aliphatic carbocycles. The molecule has 0 unspecified atom stereocenters. The van der Waals surface area contributed by atoms with Crippen molar-refractivity contribution in [3.05, 3.63) is 30.3 Å². The average Bonchev–Trinajstić information content (AvgIpc) is 2.96. The average molecular weight is 321 g/mol. The number of rotatable bonds is 7. The number of hydrogen-bond donors (Lipinski definition) is 1. The molecule has 1 aliphatic rings. The maximum absolute atomic E-state index is 12.9. The SMILES string of the molecule is CN(CCCC(=O)O)C(=O)C1(Sc2ccccc2)CCCC1. The Morgan fingerprint density at radius 2 is 1.86 bits per heavy atom. The van der Waals surface area contributed by atoms with Crippen LogP contribution in [0.2, 0.25) is 0 Å². The third-order valence-electron chi connectivity index (χ3n) is 4.09. The van der Waals surface area contributed by atoms with Crippen LogP contribution in [-0.4, -0.2) is 40.2 Å². The second kappa shape index (κ2) is 7.68. The first-order valence-corrected chi connectivity index (χ1v) is 8.56. The van der Waals surface area contributed by atoms with Crippen molar-refractivity contribution < 1.29 is 14.7 Å².